The monoisotopic (exact) mass is 166 g/mol. The number of hydrogen-bond donors (Lipinski definition) is 1. The van der Waals surface area contributed by atoms with Gasteiger partial charge in [-0.1, -0.05) is 10.3 Å². The van der Waals surface area contributed by atoms with Gasteiger partial charge in [0.2, 0.25) is 0 Å². The van der Waals surface area contributed by atoms with E-state index in [0.717, 1.165) is 0 Å². The van der Waals surface area contributed by atoms with Crippen molar-refractivity contribution in [3.05, 3.63) is 11.8 Å². The van der Waals surface area contributed by atoms with Crippen molar-refractivity contribution in [2.45, 2.75) is 6.92 Å². The van der Waals surface area contributed by atoms with E-state index in [1.165, 1.54) is 0 Å². The van der Waals surface area contributed by atoms with E-state index in [9.17, 15) is 0 Å². The van der Waals surface area contributed by atoms with E-state index in [0.29, 0.717) is 11.5 Å². The van der Waals surface area contributed by atoms with Crippen molar-refractivity contribution in [3.63, 3.8) is 0 Å². The number of nitrogen functional groups attached to an aromatic ring is 1. The molecule has 0 saturated carbocycles. The topological polar surface area (TPSA) is 91.0 Å². The van der Waals surface area contributed by atoms with Crippen molar-refractivity contribution >= 4 is 6.01 Å². The summed E-state index contributed by atoms with van der Waals surface area (Å²) in [6.07, 6.45) is 0. The lowest BCUT2D eigenvalue weighted by Crippen LogP contribution is -1.81. The first-order valence-electron chi connectivity index (χ1n) is 3.28. The number of rotatable bonds is 1. The predicted molar refractivity (Wildman–Crippen MR) is 38.9 cm³/mol. The van der Waals surface area contributed by atoms with Crippen LogP contribution in [0.5, 0.6) is 0 Å². The molecule has 0 atom stereocenters. The number of anilines is 1. The number of hydrogen-bond acceptors (Lipinski definition) is 6. The fourth-order valence-corrected chi connectivity index (χ4v) is 0.805. The Morgan fingerprint density at radius 3 is 2.75 bits per heavy atom. The minimum Gasteiger partial charge on any atom is -0.402 e. The smallest absolute Gasteiger partial charge is 0.313 e. The minimum absolute atomic E-state index is 0.0191. The molecule has 2 N–H and O–H groups in total. The van der Waals surface area contributed by atoms with Crippen LogP contribution in [0, 0.1) is 6.92 Å². The zero-order valence-corrected chi connectivity index (χ0v) is 6.31. The Morgan fingerprint density at radius 1 is 1.42 bits per heavy atom. The van der Waals surface area contributed by atoms with Gasteiger partial charge in [-0.25, -0.2) is 0 Å². The maximum Gasteiger partial charge on any atom is 0.313 e. The molecule has 0 unspecified atom stereocenters. The Bertz CT molecular complexity index is 353. The van der Waals surface area contributed by atoms with Crippen molar-refractivity contribution in [1.29, 1.82) is 0 Å². The van der Waals surface area contributed by atoms with Gasteiger partial charge in [0.1, 0.15) is 5.76 Å². The van der Waals surface area contributed by atoms with Gasteiger partial charge in [0.05, 0.1) is 0 Å². The lowest BCUT2D eigenvalue weighted by molar-refractivity contribution is 0.397. The standard InChI is InChI=1S/C6H6N4O2/c1-3-2-4(10-12-3)5-8-9-6(7)11-5/h2H,1H3,(H2,7,9). The van der Waals surface area contributed by atoms with Gasteiger partial charge in [-0.2, -0.15) is 0 Å². The van der Waals surface area contributed by atoms with Crippen molar-refractivity contribution in [3.8, 4) is 11.6 Å². The molecular formula is C6H6N4O2. The van der Waals surface area contributed by atoms with Crippen molar-refractivity contribution in [2.75, 3.05) is 5.73 Å². The van der Waals surface area contributed by atoms with Crippen LogP contribution in [0.3, 0.4) is 0 Å². The second-order valence-electron chi connectivity index (χ2n) is 2.27. The Kier molecular flexibility index (Phi) is 1.33. The van der Waals surface area contributed by atoms with Gasteiger partial charge in [0.15, 0.2) is 5.69 Å². The highest BCUT2D eigenvalue weighted by Crippen LogP contribution is 2.17. The van der Waals surface area contributed by atoms with Crippen LogP contribution in [-0.2, 0) is 0 Å². The lowest BCUT2D eigenvalue weighted by atomic mass is 10.4. The van der Waals surface area contributed by atoms with E-state index in [2.05, 4.69) is 15.4 Å². The summed E-state index contributed by atoms with van der Waals surface area (Å²) in [7, 11) is 0. The molecule has 0 saturated heterocycles. The predicted octanol–water partition coefficient (Wildman–Crippen LogP) is 0.615. The van der Waals surface area contributed by atoms with Gasteiger partial charge in [-0.15, -0.1) is 5.10 Å². The molecule has 0 aliphatic rings. The highest BCUT2D eigenvalue weighted by Gasteiger charge is 2.10. The zero-order chi connectivity index (χ0) is 8.55. The lowest BCUT2D eigenvalue weighted by Gasteiger charge is -1.79. The molecule has 62 valence electrons. The Morgan fingerprint density at radius 2 is 2.25 bits per heavy atom. The number of nitrogens with two attached hydrogens (primary N) is 1. The first kappa shape index (κ1) is 6.84. The molecule has 0 aliphatic carbocycles. The highest BCUT2D eigenvalue weighted by molar-refractivity contribution is 5.46. The highest BCUT2D eigenvalue weighted by atomic mass is 16.5. The summed E-state index contributed by atoms with van der Waals surface area (Å²) in [5, 5.41) is 10.8. The Hall–Kier alpha value is -1.85. The molecule has 2 rings (SSSR count). The fourth-order valence-electron chi connectivity index (χ4n) is 0.805. The van der Waals surface area contributed by atoms with Crippen LogP contribution in [0.25, 0.3) is 11.6 Å². The van der Waals surface area contributed by atoms with E-state index in [1.807, 2.05) is 0 Å². The number of nitrogens with zero attached hydrogens (tertiary/aromatic N) is 3. The summed E-state index contributed by atoms with van der Waals surface area (Å²) in [5.74, 6) is 0.950. The molecule has 2 aromatic heterocycles. The summed E-state index contributed by atoms with van der Waals surface area (Å²) in [4.78, 5) is 0. The molecule has 2 heterocycles. The normalized spacial score (nSPS) is 10.4. The summed E-state index contributed by atoms with van der Waals surface area (Å²) >= 11 is 0. The van der Waals surface area contributed by atoms with E-state index in [4.69, 9.17) is 14.7 Å². The van der Waals surface area contributed by atoms with Gasteiger partial charge in [-0.05, 0) is 6.92 Å². The number of aryl methyl sites for hydroxylation is 1. The van der Waals surface area contributed by atoms with Crippen molar-refractivity contribution in [1.82, 2.24) is 15.4 Å². The molecule has 0 radical (unpaired) electrons. The molecule has 12 heavy (non-hydrogen) atoms. The molecule has 0 amide bonds. The van der Waals surface area contributed by atoms with Crippen molar-refractivity contribution < 1.29 is 8.94 Å². The van der Waals surface area contributed by atoms with E-state index in [1.54, 1.807) is 13.0 Å². The average molecular weight is 166 g/mol. The summed E-state index contributed by atoms with van der Waals surface area (Å²) in [6, 6.07) is 1.71. The molecule has 2 aromatic rings. The first-order valence-corrected chi connectivity index (χ1v) is 3.28. The minimum atomic E-state index is 0.0191. The fraction of sp³-hybridized carbons (Fsp3) is 0.167. The third-order valence-corrected chi connectivity index (χ3v) is 1.29. The Labute approximate surface area is 67.4 Å². The second kappa shape index (κ2) is 2.33. The van der Waals surface area contributed by atoms with Crippen LogP contribution in [0.4, 0.5) is 6.01 Å². The molecular weight excluding hydrogens is 160 g/mol. The average Bonchev–Trinajstić information content (AvgIpc) is 2.58. The van der Waals surface area contributed by atoms with E-state index >= 15 is 0 Å². The second-order valence-corrected chi connectivity index (χ2v) is 2.27. The maximum atomic E-state index is 5.22. The molecule has 6 heteroatoms. The van der Waals surface area contributed by atoms with Gasteiger partial charge in [0.25, 0.3) is 5.89 Å². The first-order chi connectivity index (χ1) is 5.75. The number of aromatic nitrogens is 3. The van der Waals surface area contributed by atoms with Gasteiger partial charge < -0.3 is 14.7 Å². The summed E-state index contributed by atoms with van der Waals surface area (Å²) in [6.45, 7) is 1.77. The van der Waals surface area contributed by atoms with E-state index in [-0.39, 0.29) is 11.9 Å². The van der Waals surface area contributed by atoms with Crippen molar-refractivity contribution in [2.24, 2.45) is 0 Å². The van der Waals surface area contributed by atoms with E-state index < -0.39 is 0 Å². The molecule has 0 fully saturated rings. The molecule has 0 aromatic carbocycles. The van der Waals surface area contributed by atoms with Crippen LogP contribution in [0.15, 0.2) is 15.0 Å². The molecule has 0 bridgehead atoms. The third-order valence-electron chi connectivity index (χ3n) is 1.29. The summed E-state index contributed by atoms with van der Waals surface area (Å²) < 4.78 is 9.73. The SMILES string of the molecule is Cc1cc(-c2nnc(N)o2)no1. The van der Waals surface area contributed by atoms with Crippen LogP contribution in [-0.4, -0.2) is 15.4 Å². The molecule has 0 spiro atoms. The molecule has 6 nitrogen and oxygen atoms in total. The van der Waals surface area contributed by atoms with Gasteiger partial charge in [0, 0.05) is 6.07 Å². The van der Waals surface area contributed by atoms with Gasteiger partial charge >= 0.3 is 6.01 Å². The van der Waals surface area contributed by atoms with Crippen LogP contribution in [0.2, 0.25) is 0 Å². The quantitative estimate of drug-likeness (QED) is 0.667. The van der Waals surface area contributed by atoms with Crippen LogP contribution < -0.4 is 5.73 Å². The summed E-state index contributed by atoms with van der Waals surface area (Å²) in [5.41, 5.74) is 5.72. The van der Waals surface area contributed by atoms with Crippen LogP contribution in [0.1, 0.15) is 5.76 Å². The zero-order valence-electron chi connectivity index (χ0n) is 6.31. The Balaban J connectivity index is 2.43. The molecule has 0 aliphatic heterocycles. The largest absolute Gasteiger partial charge is 0.402 e. The van der Waals surface area contributed by atoms with Crippen LogP contribution >= 0.6 is 0 Å². The van der Waals surface area contributed by atoms with Gasteiger partial charge in [-0.3, -0.25) is 0 Å². The maximum absolute atomic E-state index is 5.22. The third kappa shape index (κ3) is 1.03.